The molecule has 100 valence electrons. The fourth-order valence-corrected chi connectivity index (χ4v) is 1.39. The zero-order valence-electron chi connectivity index (χ0n) is 10.5. The van der Waals surface area contributed by atoms with Crippen LogP contribution in [0.4, 0.5) is 10.1 Å². The summed E-state index contributed by atoms with van der Waals surface area (Å²) in [6.45, 7) is 3.90. The Balaban J connectivity index is 2.30. The van der Waals surface area contributed by atoms with E-state index >= 15 is 0 Å². The van der Waals surface area contributed by atoms with Gasteiger partial charge in [-0.3, -0.25) is 4.79 Å². The summed E-state index contributed by atoms with van der Waals surface area (Å²) in [5.41, 5.74) is 5.65. The predicted octanol–water partition coefficient (Wildman–Crippen LogP) is 1.95. The van der Waals surface area contributed by atoms with E-state index in [1.165, 1.54) is 12.1 Å². The number of halogens is 1. The van der Waals surface area contributed by atoms with Crippen LogP contribution in [0.25, 0.3) is 0 Å². The molecule has 0 atom stereocenters. The van der Waals surface area contributed by atoms with Crippen LogP contribution in [0.5, 0.6) is 0 Å². The van der Waals surface area contributed by atoms with Gasteiger partial charge in [-0.2, -0.15) is 0 Å². The Morgan fingerprint density at radius 2 is 2.22 bits per heavy atom. The fraction of sp³-hybridized carbons (Fsp3) is 0.462. The number of nitrogens with one attached hydrogen (secondary N) is 1. The van der Waals surface area contributed by atoms with Gasteiger partial charge in [0.15, 0.2) is 0 Å². The van der Waals surface area contributed by atoms with Gasteiger partial charge in [-0.1, -0.05) is 6.92 Å². The number of carbonyl (C=O) groups is 1. The molecule has 4 nitrogen and oxygen atoms in total. The molecule has 1 aromatic carbocycles. The lowest BCUT2D eigenvalue weighted by Crippen LogP contribution is -2.25. The predicted molar refractivity (Wildman–Crippen MR) is 68.9 cm³/mol. The molecule has 0 aromatic heterocycles. The SMILES string of the molecule is CCCOCCCNC(=O)c1ccc(N)c(F)c1. The van der Waals surface area contributed by atoms with E-state index in [1.807, 2.05) is 6.92 Å². The summed E-state index contributed by atoms with van der Waals surface area (Å²) >= 11 is 0. The van der Waals surface area contributed by atoms with Crippen molar-refractivity contribution in [2.45, 2.75) is 19.8 Å². The molecule has 0 spiro atoms. The highest BCUT2D eigenvalue weighted by atomic mass is 19.1. The topological polar surface area (TPSA) is 64.3 Å². The minimum absolute atomic E-state index is 0.0412. The smallest absolute Gasteiger partial charge is 0.251 e. The summed E-state index contributed by atoms with van der Waals surface area (Å²) in [7, 11) is 0. The maximum Gasteiger partial charge on any atom is 0.251 e. The second kappa shape index (κ2) is 7.66. The molecule has 1 rings (SSSR count). The van der Waals surface area contributed by atoms with Crippen molar-refractivity contribution in [3.63, 3.8) is 0 Å². The zero-order valence-corrected chi connectivity index (χ0v) is 10.5. The van der Waals surface area contributed by atoms with E-state index in [-0.39, 0.29) is 17.2 Å². The van der Waals surface area contributed by atoms with Crippen molar-refractivity contribution in [3.05, 3.63) is 29.6 Å². The van der Waals surface area contributed by atoms with E-state index in [9.17, 15) is 9.18 Å². The van der Waals surface area contributed by atoms with E-state index in [0.29, 0.717) is 13.2 Å². The van der Waals surface area contributed by atoms with Gasteiger partial charge in [0, 0.05) is 25.3 Å². The van der Waals surface area contributed by atoms with Crippen LogP contribution in [0.2, 0.25) is 0 Å². The van der Waals surface area contributed by atoms with Crippen LogP contribution in [0.15, 0.2) is 18.2 Å². The maximum atomic E-state index is 13.1. The Labute approximate surface area is 106 Å². The molecule has 0 fully saturated rings. The van der Waals surface area contributed by atoms with Crippen molar-refractivity contribution in [1.29, 1.82) is 0 Å². The maximum absolute atomic E-state index is 13.1. The van der Waals surface area contributed by atoms with Gasteiger partial charge in [0.2, 0.25) is 0 Å². The average Bonchev–Trinajstić information content (AvgIpc) is 2.36. The number of hydrogen-bond acceptors (Lipinski definition) is 3. The van der Waals surface area contributed by atoms with E-state index in [4.69, 9.17) is 10.5 Å². The molecule has 5 heteroatoms. The van der Waals surface area contributed by atoms with Crippen molar-refractivity contribution in [1.82, 2.24) is 5.32 Å². The van der Waals surface area contributed by atoms with Crippen LogP contribution in [-0.2, 0) is 4.74 Å². The fourth-order valence-electron chi connectivity index (χ4n) is 1.39. The van der Waals surface area contributed by atoms with Gasteiger partial charge in [0.1, 0.15) is 5.82 Å². The first-order chi connectivity index (χ1) is 8.65. The second-order valence-electron chi connectivity index (χ2n) is 3.96. The quantitative estimate of drug-likeness (QED) is 0.577. The molecule has 18 heavy (non-hydrogen) atoms. The first kappa shape index (κ1) is 14.4. The molecule has 0 saturated heterocycles. The van der Waals surface area contributed by atoms with Crippen molar-refractivity contribution >= 4 is 11.6 Å². The van der Waals surface area contributed by atoms with E-state index in [2.05, 4.69) is 5.32 Å². The van der Waals surface area contributed by atoms with Crippen LogP contribution < -0.4 is 11.1 Å². The zero-order chi connectivity index (χ0) is 13.4. The number of nitrogen functional groups attached to an aromatic ring is 1. The number of nitrogens with two attached hydrogens (primary N) is 1. The second-order valence-corrected chi connectivity index (χ2v) is 3.96. The summed E-state index contributed by atoms with van der Waals surface area (Å²) in [6, 6.07) is 4.02. The summed E-state index contributed by atoms with van der Waals surface area (Å²) in [5.74, 6) is -0.877. The largest absolute Gasteiger partial charge is 0.396 e. The van der Waals surface area contributed by atoms with Gasteiger partial charge in [0.05, 0.1) is 5.69 Å². The molecule has 3 N–H and O–H groups in total. The summed E-state index contributed by atoms with van der Waals surface area (Å²) in [6.07, 6.45) is 1.72. The molecular formula is C13H19FN2O2. The molecule has 1 aromatic rings. The Morgan fingerprint density at radius 1 is 1.44 bits per heavy atom. The third-order valence-electron chi connectivity index (χ3n) is 2.36. The highest BCUT2D eigenvalue weighted by molar-refractivity contribution is 5.94. The number of benzene rings is 1. The molecule has 1 amide bonds. The molecule has 0 radical (unpaired) electrons. The Bertz CT molecular complexity index is 397. The normalized spacial score (nSPS) is 10.3. The van der Waals surface area contributed by atoms with Crippen molar-refractivity contribution in [2.24, 2.45) is 0 Å². The van der Waals surface area contributed by atoms with Gasteiger partial charge >= 0.3 is 0 Å². The molecule has 0 unspecified atom stereocenters. The first-order valence-corrected chi connectivity index (χ1v) is 6.06. The molecule has 0 aliphatic carbocycles. The van der Waals surface area contributed by atoms with E-state index < -0.39 is 5.82 Å². The van der Waals surface area contributed by atoms with E-state index in [1.54, 1.807) is 0 Å². The number of anilines is 1. The summed E-state index contributed by atoms with van der Waals surface area (Å²) in [4.78, 5) is 11.6. The van der Waals surface area contributed by atoms with E-state index in [0.717, 1.165) is 25.5 Å². The summed E-state index contributed by atoms with van der Waals surface area (Å²) < 4.78 is 18.4. The van der Waals surface area contributed by atoms with Crippen LogP contribution in [-0.4, -0.2) is 25.7 Å². The average molecular weight is 254 g/mol. The molecule has 0 bridgehead atoms. The van der Waals surface area contributed by atoms with Crippen LogP contribution in [0, 0.1) is 5.82 Å². The van der Waals surface area contributed by atoms with Crippen molar-refractivity contribution in [2.75, 3.05) is 25.5 Å². The minimum Gasteiger partial charge on any atom is -0.396 e. The molecule has 0 aliphatic heterocycles. The Morgan fingerprint density at radius 3 is 2.89 bits per heavy atom. The molecule has 0 heterocycles. The van der Waals surface area contributed by atoms with Gasteiger partial charge in [-0.05, 0) is 31.0 Å². The Hall–Kier alpha value is -1.62. The monoisotopic (exact) mass is 254 g/mol. The third-order valence-corrected chi connectivity index (χ3v) is 2.36. The van der Waals surface area contributed by atoms with Crippen molar-refractivity contribution in [3.8, 4) is 0 Å². The lowest BCUT2D eigenvalue weighted by molar-refractivity contribution is 0.0941. The number of amides is 1. The standard InChI is InChI=1S/C13H19FN2O2/c1-2-7-18-8-3-6-16-13(17)10-4-5-12(15)11(14)9-10/h4-5,9H,2-3,6-8,15H2,1H3,(H,16,17). The number of carbonyl (C=O) groups excluding carboxylic acids is 1. The third kappa shape index (κ3) is 4.71. The minimum atomic E-state index is -0.575. The number of ether oxygens (including phenoxy) is 1. The highest BCUT2D eigenvalue weighted by Gasteiger charge is 2.07. The van der Waals surface area contributed by atoms with Crippen LogP contribution in [0.3, 0.4) is 0 Å². The summed E-state index contributed by atoms with van der Waals surface area (Å²) in [5, 5.41) is 2.70. The lowest BCUT2D eigenvalue weighted by atomic mass is 10.2. The molecule has 0 aliphatic rings. The van der Waals surface area contributed by atoms with Crippen LogP contribution >= 0.6 is 0 Å². The molecule has 0 saturated carbocycles. The highest BCUT2D eigenvalue weighted by Crippen LogP contribution is 2.11. The van der Waals surface area contributed by atoms with Gasteiger partial charge in [-0.25, -0.2) is 4.39 Å². The van der Waals surface area contributed by atoms with Crippen LogP contribution in [0.1, 0.15) is 30.1 Å². The van der Waals surface area contributed by atoms with Gasteiger partial charge < -0.3 is 15.8 Å². The first-order valence-electron chi connectivity index (χ1n) is 6.06. The van der Waals surface area contributed by atoms with Gasteiger partial charge in [-0.15, -0.1) is 0 Å². The van der Waals surface area contributed by atoms with Gasteiger partial charge in [0.25, 0.3) is 5.91 Å². The number of hydrogen-bond donors (Lipinski definition) is 2. The molecular weight excluding hydrogens is 235 g/mol. The Kier molecular flexibility index (Phi) is 6.14. The lowest BCUT2D eigenvalue weighted by Gasteiger charge is -2.06. The number of rotatable bonds is 7. The van der Waals surface area contributed by atoms with Crippen molar-refractivity contribution < 1.29 is 13.9 Å².